The van der Waals surface area contributed by atoms with Gasteiger partial charge in [0.25, 0.3) is 0 Å². The molecule has 4 rings (SSSR count). The van der Waals surface area contributed by atoms with E-state index >= 15 is 0 Å². The molecule has 0 bridgehead atoms. The standard InChI is InChI=1S/C18H13ClN4OS/c1-24-15-9-5-13(6-10-15)17-20-21-18-23(17)22-16(25-18)11-4-12-2-7-14(19)8-3-12/h2-11H,1H3/b11-4-. The van der Waals surface area contributed by atoms with Crippen LogP contribution in [0.5, 0.6) is 5.75 Å². The average molecular weight is 369 g/mol. The van der Waals surface area contributed by atoms with Crippen molar-refractivity contribution in [1.29, 1.82) is 0 Å². The van der Waals surface area contributed by atoms with Crippen molar-refractivity contribution < 1.29 is 4.74 Å². The van der Waals surface area contributed by atoms with Crippen molar-refractivity contribution in [3.05, 3.63) is 64.1 Å². The van der Waals surface area contributed by atoms with E-state index in [-0.39, 0.29) is 0 Å². The smallest absolute Gasteiger partial charge is 0.235 e. The maximum atomic E-state index is 5.90. The first-order valence-corrected chi connectivity index (χ1v) is 8.73. The van der Waals surface area contributed by atoms with Crippen LogP contribution in [0.15, 0.2) is 48.5 Å². The lowest BCUT2D eigenvalue weighted by Crippen LogP contribution is -1.91. The lowest BCUT2D eigenvalue weighted by molar-refractivity contribution is 0.415. The van der Waals surface area contributed by atoms with Gasteiger partial charge in [-0.2, -0.15) is 9.61 Å². The van der Waals surface area contributed by atoms with Gasteiger partial charge in [0.15, 0.2) is 5.82 Å². The summed E-state index contributed by atoms with van der Waals surface area (Å²) in [6.45, 7) is 0. The Hall–Kier alpha value is -2.70. The van der Waals surface area contributed by atoms with Crippen molar-refractivity contribution in [2.45, 2.75) is 0 Å². The maximum absolute atomic E-state index is 5.90. The van der Waals surface area contributed by atoms with E-state index in [2.05, 4.69) is 15.3 Å². The Balaban J connectivity index is 1.64. The van der Waals surface area contributed by atoms with Crippen LogP contribution in [0.25, 0.3) is 28.5 Å². The Bertz CT molecular complexity index is 1040. The summed E-state index contributed by atoms with van der Waals surface area (Å²) in [5, 5.41) is 14.6. The van der Waals surface area contributed by atoms with E-state index in [1.807, 2.05) is 60.7 Å². The zero-order valence-corrected chi connectivity index (χ0v) is 14.8. The van der Waals surface area contributed by atoms with Crippen LogP contribution < -0.4 is 4.74 Å². The Kier molecular flexibility index (Phi) is 4.21. The topological polar surface area (TPSA) is 52.3 Å². The minimum atomic E-state index is 0.708. The van der Waals surface area contributed by atoms with Crippen LogP contribution in [-0.4, -0.2) is 26.9 Å². The first-order chi connectivity index (χ1) is 12.2. The van der Waals surface area contributed by atoms with E-state index < -0.39 is 0 Å². The number of ether oxygens (including phenoxy) is 1. The molecule has 124 valence electrons. The molecule has 0 fully saturated rings. The number of methoxy groups -OCH3 is 1. The third-order valence-electron chi connectivity index (χ3n) is 3.64. The number of hydrogen-bond acceptors (Lipinski definition) is 5. The van der Waals surface area contributed by atoms with E-state index in [0.29, 0.717) is 5.82 Å². The van der Waals surface area contributed by atoms with Crippen LogP contribution in [0.1, 0.15) is 10.6 Å². The zero-order valence-electron chi connectivity index (χ0n) is 13.3. The first-order valence-electron chi connectivity index (χ1n) is 7.53. The monoisotopic (exact) mass is 368 g/mol. The molecule has 0 saturated heterocycles. The first kappa shape index (κ1) is 15.8. The highest BCUT2D eigenvalue weighted by atomic mass is 35.5. The summed E-state index contributed by atoms with van der Waals surface area (Å²) in [4.78, 5) is 0.751. The molecule has 2 aromatic heterocycles. The van der Waals surface area contributed by atoms with Gasteiger partial charge in [0.05, 0.1) is 7.11 Å². The number of nitrogens with zero attached hydrogens (tertiary/aromatic N) is 4. The zero-order chi connectivity index (χ0) is 17.2. The number of rotatable bonds is 4. The van der Waals surface area contributed by atoms with Gasteiger partial charge in [-0.3, -0.25) is 0 Å². The van der Waals surface area contributed by atoms with Crippen LogP contribution in [0.3, 0.4) is 0 Å². The van der Waals surface area contributed by atoms with Gasteiger partial charge in [-0.15, -0.1) is 10.2 Å². The molecule has 0 aliphatic carbocycles. The summed E-state index contributed by atoms with van der Waals surface area (Å²) in [5.41, 5.74) is 2.00. The van der Waals surface area contributed by atoms with Crippen LogP contribution in [0.2, 0.25) is 5.02 Å². The van der Waals surface area contributed by atoms with Crippen LogP contribution in [0, 0.1) is 0 Å². The van der Waals surface area contributed by atoms with E-state index in [0.717, 1.165) is 31.9 Å². The quantitative estimate of drug-likeness (QED) is 0.524. The highest BCUT2D eigenvalue weighted by molar-refractivity contribution is 7.17. The summed E-state index contributed by atoms with van der Waals surface area (Å²) in [7, 11) is 1.64. The van der Waals surface area contributed by atoms with Crippen molar-refractivity contribution in [2.75, 3.05) is 7.11 Å². The third kappa shape index (κ3) is 3.26. The van der Waals surface area contributed by atoms with E-state index in [4.69, 9.17) is 16.3 Å². The third-order valence-corrected chi connectivity index (χ3v) is 4.76. The fourth-order valence-electron chi connectivity index (χ4n) is 2.36. The number of benzene rings is 2. The molecule has 0 atom stereocenters. The summed E-state index contributed by atoms with van der Waals surface area (Å²) in [5.74, 6) is 1.51. The normalized spacial score (nSPS) is 11.4. The van der Waals surface area contributed by atoms with Crippen LogP contribution in [0.4, 0.5) is 0 Å². The predicted octanol–water partition coefficient (Wildman–Crippen LogP) is 4.69. The summed E-state index contributed by atoms with van der Waals surface area (Å²) < 4.78 is 6.94. The van der Waals surface area contributed by atoms with E-state index in [1.165, 1.54) is 11.3 Å². The molecule has 0 N–H and O–H groups in total. The minimum Gasteiger partial charge on any atom is -0.497 e. The van der Waals surface area contributed by atoms with Gasteiger partial charge in [0.2, 0.25) is 4.96 Å². The van der Waals surface area contributed by atoms with E-state index in [1.54, 1.807) is 11.6 Å². The molecule has 0 radical (unpaired) electrons. The molecule has 5 nitrogen and oxygen atoms in total. The minimum absolute atomic E-state index is 0.708. The van der Waals surface area contributed by atoms with Crippen molar-refractivity contribution in [1.82, 2.24) is 19.8 Å². The van der Waals surface area contributed by atoms with Gasteiger partial charge in [0, 0.05) is 10.6 Å². The molecule has 25 heavy (non-hydrogen) atoms. The molecule has 0 saturated carbocycles. The number of fused-ring (bicyclic) bond motifs is 1. The molecule has 0 spiro atoms. The molecular formula is C18H13ClN4OS. The lowest BCUT2D eigenvalue weighted by Gasteiger charge is -2.00. The maximum Gasteiger partial charge on any atom is 0.235 e. The SMILES string of the molecule is COc1ccc(-c2nnc3sc(/C=C\c4ccc(Cl)cc4)nn23)cc1. The summed E-state index contributed by atoms with van der Waals surface area (Å²) >= 11 is 7.39. The van der Waals surface area contributed by atoms with Gasteiger partial charge in [-0.1, -0.05) is 41.1 Å². The molecule has 2 heterocycles. The van der Waals surface area contributed by atoms with Gasteiger partial charge in [-0.05, 0) is 48.0 Å². The Labute approximate surface area is 153 Å². The molecule has 2 aromatic carbocycles. The van der Waals surface area contributed by atoms with Crippen LogP contribution >= 0.6 is 22.9 Å². The van der Waals surface area contributed by atoms with Crippen molar-refractivity contribution in [2.24, 2.45) is 0 Å². The Morgan fingerprint density at radius 3 is 2.48 bits per heavy atom. The highest BCUT2D eigenvalue weighted by Gasteiger charge is 2.12. The van der Waals surface area contributed by atoms with Crippen molar-refractivity contribution in [3.63, 3.8) is 0 Å². The second-order valence-corrected chi connectivity index (χ2v) is 6.70. The fourth-order valence-corrected chi connectivity index (χ4v) is 3.23. The number of hydrogen-bond donors (Lipinski definition) is 0. The number of halogens is 1. The van der Waals surface area contributed by atoms with Gasteiger partial charge >= 0.3 is 0 Å². The molecular weight excluding hydrogens is 356 g/mol. The van der Waals surface area contributed by atoms with Crippen molar-refractivity contribution >= 4 is 40.1 Å². The second-order valence-electron chi connectivity index (χ2n) is 5.27. The molecule has 0 aliphatic rings. The van der Waals surface area contributed by atoms with Crippen molar-refractivity contribution in [3.8, 4) is 17.1 Å². The summed E-state index contributed by atoms with van der Waals surface area (Å²) in [6.07, 6.45) is 3.95. The largest absolute Gasteiger partial charge is 0.497 e. The number of aromatic nitrogens is 4. The van der Waals surface area contributed by atoms with Gasteiger partial charge in [0.1, 0.15) is 10.8 Å². The average Bonchev–Trinajstić information content (AvgIpc) is 3.21. The molecule has 0 unspecified atom stereocenters. The van der Waals surface area contributed by atoms with E-state index in [9.17, 15) is 0 Å². The van der Waals surface area contributed by atoms with Crippen LogP contribution in [-0.2, 0) is 0 Å². The van der Waals surface area contributed by atoms with Gasteiger partial charge in [-0.25, -0.2) is 0 Å². The van der Waals surface area contributed by atoms with Gasteiger partial charge < -0.3 is 4.74 Å². The Morgan fingerprint density at radius 2 is 1.76 bits per heavy atom. The predicted molar refractivity (Wildman–Crippen MR) is 101 cm³/mol. The second kappa shape index (κ2) is 6.66. The summed E-state index contributed by atoms with van der Waals surface area (Å²) in [6, 6.07) is 15.3. The Morgan fingerprint density at radius 1 is 1.00 bits per heavy atom. The molecule has 7 heteroatoms. The molecule has 4 aromatic rings. The highest BCUT2D eigenvalue weighted by Crippen LogP contribution is 2.24. The molecule has 0 aliphatic heterocycles. The molecule has 0 amide bonds. The lowest BCUT2D eigenvalue weighted by atomic mass is 10.2. The fraction of sp³-hybridized carbons (Fsp3) is 0.0556.